The molecule has 0 aromatic heterocycles. The van der Waals surface area contributed by atoms with E-state index in [1.165, 1.54) is 24.3 Å². The molecule has 1 aliphatic heterocycles. The van der Waals surface area contributed by atoms with Crippen molar-refractivity contribution in [3.63, 3.8) is 0 Å². The van der Waals surface area contributed by atoms with Crippen LogP contribution in [0.3, 0.4) is 0 Å². The highest BCUT2D eigenvalue weighted by atomic mass is 32.2. The highest BCUT2D eigenvalue weighted by Gasteiger charge is 2.27. The van der Waals surface area contributed by atoms with Gasteiger partial charge in [0, 0.05) is 13.1 Å². The van der Waals surface area contributed by atoms with Gasteiger partial charge >= 0.3 is 6.03 Å². The summed E-state index contributed by atoms with van der Waals surface area (Å²) in [6.45, 7) is 0.276. The Morgan fingerprint density at radius 1 is 1.32 bits per heavy atom. The van der Waals surface area contributed by atoms with Crippen LogP contribution in [0.4, 0.5) is 9.18 Å². The minimum Gasteiger partial charge on any atom is -0.387 e. The summed E-state index contributed by atoms with van der Waals surface area (Å²) < 4.78 is 35.3. The first-order valence-corrected chi connectivity index (χ1v) is 8.83. The molecule has 1 aromatic carbocycles. The van der Waals surface area contributed by atoms with E-state index in [2.05, 4.69) is 10.6 Å². The van der Waals surface area contributed by atoms with Gasteiger partial charge in [-0.25, -0.2) is 17.6 Å². The van der Waals surface area contributed by atoms with Gasteiger partial charge in [-0.2, -0.15) is 0 Å². The molecule has 8 heteroatoms. The lowest BCUT2D eigenvalue weighted by Gasteiger charge is -2.14. The van der Waals surface area contributed by atoms with Crippen LogP contribution in [0.5, 0.6) is 0 Å². The molecule has 0 unspecified atom stereocenters. The quantitative estimate of drug-likeness (QED) is 0.736. The van der Waals surface area contributed by atoms with Gasteiger partial charge in [-0.1, -0.05) is 12.1 Å². The molecule has 2 rings (SSSR count). The van der Waals surface area contributed by atoms with E-state index in [1.54, 1.807) is 0 Å². The normalized spacial score (nSPS) is 21.3. The molecule has 2 amide bonds. The monoisotopic (exact) mass is 330 g/mol. The minimum absolute atomic E-state index is 0.0135. The highest BCUT2D eigenvalue weighted by molar-refractivity contribution is 7.91. The second kappa shape index (κ2) is 7.06. The molecule has 2 atom stereocenters. The van der Waals surface area contributed by atoms with Crippen LogP contribution in [-0.2, 0) is 9.84 Å². The van der Waals surface area contributed by atoms with Crippen molar-refractivity contribution in [1.29, 1.82) is 0 Å². The Hall–Kier alpha value is -1.67. The summed E-state index contributed by atoms with van der Waals surface area (Å²) in [6, 6.07) is 4.90. The summed E-state index contributed by atoms with van der Waals surface area (Å²) >= 11 is 0. The fraction of sp³-hybridized carbons (Fsp3) is 0.500. The van der Waals surface area contributed by atoms with Crippen LogP contribution in [0.1, 0.15) is 18.1 Å². The number of sulfone groups is 1. The van der Waals surface area contributed by atoms with Crippen LogP contribution in [-0.4, -0.2) is 44.2 Å². The Morgan fingerprint density at radius 2 is 2.00 bits per heavy atom. The number of carbonyl (C=O) groups excluding carboxylic acids is 1. The molecular weight excluding hydrogens is 311 g/mol. The zero-order valence-electron chi connectivity index (χ0n) is 12.0. The topological polar surface area (TPSA) is 95.5 Å². The van der Waals surface area contributed by atoms with Crippen molar-refractivity contribution in [3.8, 4) is 0 Å². The maximum Gasteiger partial charge on any atom is 0.314 e. The van der Waals surface area contributed by atoms with E-state index in [0.717, 1.165) is 0 Å². The molecule has 0 radical (unpaired) electrons. The van der Waals surface area contributed by atoms with Gasteiger partial charge in [-0.3, -0.25) is 0 Å². The molecule has 0 spiro atoms. The third kappa shape index (κ3) is 4.96. The summed E-state index contributed by atoms with van der Waals surface area (Å²) in [7, 11) is -2.95. The van der Waals surface area contributed by atoms with E-state index in [9.17, 15) is 22.7 Å². The number of benzene rings is 1. The van der Waals surface area contributed by atoms with Gasteiger partial charge in [0.25, 0.3) is 0 Å². The molecule has 1 fully saturated rings. The zero-order chi connectivity index (χ0) is 16.2. The van der Waals surface area contributed by atoms with E-state index in [0.29, 0.717) is 12.0 Å². The summed E-state index contributed by atoms with van der Waals surface area (Å²) in [5, 5.41) is 15.0. The Labute approximate surface area is 128 Å². The SMILES string of the molecule is O=C(NC[C@H]1CCS(=O)(=O)C1)NC[C@@H](O)c1ccc(F)cc1. The van der Waals surface area contributed by atoms with Gasteiger partial charge in [0.15, 0.2) is 9.84 Å². The fourth-order valence-corrected chi connectivity index (χ4v) is 4.19. The van der Waals surface area contributed by atoms with E-state index < -0.39 is 27.8 Å². The van der Waals surface area contributed by atoms with Crippen LogP contribution in [0, 0.1) is 11.7 Å². The first-order chi connectivity index (χ1) is 10.4. The second-order valence-electron chi connectivity index (χ2n) is 5.43. The number of hydrogen-bond donors (Lipinski definition) is 3. The van der Waals surface area contributed by atoms with Gasteiger partial charge < -0.3 is 15.7 Å². The molecule has 0 aliphatic carbocycles. The van der Waals surface area contributed by atoms with Crippen LogP contribution in [0.25, 0.3) is 0 Å². The summed E-state index contributed by atoms with van der Waals surface area (Å²) in [4.78, 5) is 11.6. The predicted molar refractivity (Wildman–Crippen MR) is 79.5 cm³/mol. The smallest absolute Gasteiger partial charge is 0.314 e. The van der Waals surface area contributed by atoms with Crippen LogP contribution in [0.15, 0.2) is 24.3 Å². The van der Waals surface area contributed by atoms with E-state index in [-0.39, 0.29) is 30.5 Å². The number of rotatable bonds is 5. The standard InChI is InChI=1S/C14H19FN2O4S/c15-12-3-1-11(2-4-12)13(18)8-17-14(19)16-7-10-5-6-22(20,21)9-10/h1-4,10,13,18H,5-9H2,(H2,16,17,19)/t10-,13-/m1/s1. The second-order valence-corrected chi connectivity index (χ2v) is 7.66. The Kier molecular flexibility index (Phi) is 5.36. The summed E-state index contributed by atoms with van der Waals surface area (Å²) in [5.41, 5.74) is 0.503. The van der Waals surface area contributed by atoms with Crippen LogP contribution < -0.4 is 10.6 Å². The minimum atomic E-state index is -2.95. The first kappa shape index (κ1) is 16.7. The van der Waals surface area contributed by atoms with Gasteiger partial charge in [0.2, 0.25) is 0 Å². The van der Waals surface area contributed by atoms with Crippen molar-refractivity contribution in [2.75, 3.05) is 24.6 Å². The largest absolute Gasteiger partial charge is 0.387 e. The molecule has 0 saturated carbocycles. The predicted octanol–water partition coefficient (Wildman–Crippen LogP) is 0.593. The number of halogens is 1. The molecule has 1 aromatic rings. The number of amides is 2. The lowest BCUT2D eigenvalue weighted by atomic mass is 10.1. The molecule has 122 valence electrons. The van der Waals surface area contributed by atoms with E-state index >= 15 is 0 Å². The summed E-state index contributed by atoms with van der Waals surface area (Å²) in [5.74, 6) is -0.179. The molecule has 0 bridgehead atoms. The lowest BCUT2D eigenvalue weighted by molar-refractivity contribution is 0.173. The van der Waals surface area contributed by atoms with Crippen molar-refractivity contribution in [2.45, 2.75) is 12.5 Å². The Morgan fingerprint density at radius 3 is 2.59 bits per heavy atom. The van der Waals surface area contributed by atoms with Crippen LogP contribution >= 0.6 is 0 Å². The number of hydrogen-bond acceptors (Lipinski definition) is 4. The maximum absolute atomic E-state index is 12.8. The average molecular weight is 330 g/mol. The van der Waals surface area contributed by atoms with Gasteiger partial charge in [0.05, 0.1) is 17.6 Å². The number of urea groups is 1. The first-order valence-electron chi connectivity index (χ1n) is 7.01. The molecule has 1 aliphatic rings. The number of carbonyl (C=O) groups is 1. The van der Waals surface area contributed by atoms with Crippen molar-refractivity contribution < 1.29 is 22.7 Å². The third-order valence-corrected chi connectivity index (χ3v) is 5.43. The molecule has 1 saturated heterocycles. The van der Waals surface area contributed by atoms with Crippen molar-refractivity contribution >= 4 is 15.9 Å². The van der Waals surface area contributed by atoms with Crippen molar-refractivity contribution in [3.05, 3.63) is 35.6 Å². The maximum atomic E-state index is 12.8. The Bertz CT molecular complexity index is 618. The van der Waals surface area contributed by atoms with E-state index in [4.69, 9.17) is 0 Å². The number of aliphatic hydroxyl groups is 1. The summed E-state index contributed by atoms with van der Waals surface area (Å²) in [6.07, 6.45) is -0.376. The molecule has 3 N–H and O–H groups in total. The molecule has 1 heterocycles. The Balaban J connectivity index is 1.70. The fourth-order valence-electron chi connectivity index (χ4n) is 2.32. The number of aliphatic hydroxyl groups excluding tert-OH is 1. The number of nitrogens with one attached hydrogen (secondary N) is 2. The zero-order valence-corrected chi connectivity index (χ0v) is 12.8. The third-order valence-electron chi connectivity index (χ3n) is 3.59. The van der Waals surface area contributed by atoms with Gasteiger partial charge in [0.1, 0.15) is 5.82 Å². The van der Waals surface area contributed by atoms with Gasteiger partial charge in [-0.15, -0.1) is 0 Å². The molecular formula is C14H19FN2O4S. The van der Waals surface area contributed by atoms with Gasteiger partial charge in [-0.05, 0) is 30.0 Å². The average Bonchev–Trinajstić information content (AvgIpc) is 2.82. The van der Waals surface area contributed by atoms with E-state index in [1.807, 2.05) is 0 Å². The molecule has 22 heavy (non-hydrogen) atoms. The van der Waals surface area contributed by atoms with Crippen molar-refractivity contribution in [2.24, 2.45) is 5.92 Å². The molecule has 6 nitrogen and oxygen atoms in total. The highest BCUT2D eigenvalue weighted by Crippen LogP contribution is 2.17. The van der Waals surface area contributed by atoms with Crippen molar-refractivity contribution in [1.82, 2.24) is 10.6 Å². The van der Waals surface area contributed by atoms with Crippen LogP contribution in [0.2, 0.25) is 0 Å². The lowest BCUT2D eigenvalue weighted by Crippen LogP contribution is -2.40.